The van der Waals surface area contributed by atoms with Crippen LogP contribution in [0.4, 0.5) is 0 Å². The van der Waals surface area contributed by atoms with Crippen LogP contribution in [0.15, 0.2) is 96.0 Å². The fourth-order valence-corrected chi connectivity index (χ4v) is 15.1. The number of fused-ring (bicyclic) bond motifs is 3. The topological polar surface area (TPSA) is 157 Å². The number of unbranched alkanes of at least 4 members (excludes halogenated alkanes) is 1. The van der Waals surface area contributed by atoms with Crippen LogP contribution in [0, 0.1) is 6.92 Å². The Bertz CT molecular complexity index is 2290. The number of carbonyl (C=O) groups excluding carboxylic acids is 2. The summed E-state index contributed by atoms with van der Waals surface area (Å²) < 4.78 is 14.3. The number of carbonyl (C=O) groups is 3. The molecule has 0 fully saturated rings. The molecule has 0 radical (unpaired) electrons. The number of aromatic carboxylic acids is 1. The highest BCUT2D eigenvalue weighted by Gasteiger charge is 2.36. The summed E-state index contributed by atoms with van der Waals surface area (Å²) in [5, 5.41) is 26.7. The fourth-order valence-electron chi connectivity index (χ4n) is 7.00. The first-order valence-corrected chi connectivity index (χ1v) is 25.0. The minimum Gasteiger partial charge on any atom is -0.497 e. The van der Waals surface area contributed by atoms with Crippen LogP contribution in [0.25, 0.3) is 5.69 Å². The molecule has 1 atom stereocenters. The van der Waals surface area contributed by atoms with E-state index in [1.807, 2.05) is 90.4 Å². The monoisotopic (exact) mass is 822 g/mol. The van der Waals surface area contributed by atoms with Gasteiger partial charge in [-0.15, -0.1) is 10.2 Å². The summed E-state index contributed by atoms with van der Waals surface area (Å²) in [5.41, 5.74) is 4.01. The van der Waals surface area contributed by atoms with Crippen molar-refractivity contribution in [1.29, 1.82) is 0 Å². The van der Waals surface area contributed by atoms with Gasteiger partial charge in [-0.2, -0.15) is 0 Å². The normalized spacial score (nSPS) is 13.8. The molecule has 0 unspecified atom stereocenters. The average Bonchev–Trinajstić information content (AvgIpc) is 3.51. The zero-order chi connectivity index (χ0) is 40.9. The number of hydrogen-bond donors (Lipinski definition) is 3. The molecular weight excluding hydrogens is 776 g/mol. The Hall–Kier alpha value is -5.42. The maximum absolute atomic E-state index is 13.3. The third-order valence-corrected chi connectivity index (χ3v) is 17.8. The standard InChI is InChI=1S/C42H47ClN6O6Si2/c1-27-47-48-40-36(46-39(28-9-15-31(43)16-10-28)35-25-32(54-2)17-22-37(35)49(27)40)26-38(50)44-23-7-8-24-45-41(51)29-11-18-33(19-12-29)56(3,4)55-57(5,6)34-20-13-30(14-21-34)42(52)53/h9-22,25,36H,7-8,23-24,26H2,1-6H3,(H,44,50)(H,45,51)(H,52,53)/t36-/m0/s1. The number of nitrogens with zero attached hydrogens (tertiary/aromatic N) is 4. The van der Waals surface area contributed by atoms with E-state index in [-0.39, 0.29) is 23.8 Å². The van der Waals surface area contributed by atoms with E-state index in [1.54, 1.807) is 19.2 Å². The number of nitrogens with one attached hydrogen (secondary N) is 2. The summed E-state index contributed by atoms with van der Waals surface area (Å²) in [4.78, 5) is 42.7. The van der Waals surface area contributed by atoms with E-state index < -0.39 is 28.6 Å². The molecule has 1 aromatic heterocycles. The van der Waals surface area contributed by atoms with E-state index in [9.17, 15) is 19.5 Å². The fraction of sp³-hybridized carbons (Fsp3) is 0.286. The second-order valence-corrected chi connectivity index (χ2v) is 23.4. The first-order valence-electron chi connectivity index (χ1n) is 18.8. The molecular formula is C42H47ClN6O6Si2. The third-order valence-electron chi connectivity index (χ3n) is 10.0. The van der Waals surface area contributed by atoms with Crippen LogP contribution in [0.1, 0.15) is 68.8 Å². The maximum Gasteiger partial charge on any atom is 0.335 e. The molecule has 1 aliphatic rings. The SMILES string of the molecule is COc1ccc2c(c1)C(c1ccc(Cl)cc1)=N[C@@H](CC(=O)NCCCCNC(=O)c1ccc([Si](C)(C)O[Si](C)(C)c3ccc(C(=O)O)cc3)cc1)c1nnc(C)n1-2. The summed E-state index contributed by atoms with van der Waals surface area (Å²) >= 11 is 6.22. The maximum atomic E-state index is 13.3. The Balaban J connectivity index is 1.01. The minimum atomic E-state index is -2.36. The van der Waals surface area contributed by atoms with E-state index in [4.69, 9.17) is 25.4 Å². The molecule has 2 heterocycles. The Morgan fingerprint density at radius 2 is 1.40 bits per heavy atom. The van der Waals surface area contributed by atoms with Crippen LogP contribution in [0.2, 0.25) is 31.2 Å². The van der Waals surface area contributed by atoms with Crippen molar-refractivity contribution in [1.82, 2.24) is 25.4 Å². The summed E-state index contributed by atoms with van der Waals surface area (Å²) in [6, 6.07) is 27.1. The second-order valence-electron chi connectivity index (χ2n) is 14.9. The van der Waals surface area contributed by atoms with Gasteiger partial charge in [0.2, 0.25) is 22.5 Å². The van der Waals surface area contributed by atoms with E-state index in [0.717, 1.165) is 27.2 Å². The van der Waals surface area contributed by atoms with Gasteiger partial charge >= 0.3 is 5.97 Å². The molecule has 0 saturated heterocycles. The Labute approximate surface area is 339 Å². The summed E-state index contributed by atoms with van der Waals surface area (Å²) in [6.45, 7) is 11.3. The lowest BCUT2D eigenvalue weighted by atomic mass is 10.00. The number of amides is 2. The summed E-state index contributed by atoms with van der Waals surface area (Å²) in [7, 11) is -3.08. The number of carboxylic acid groups (broad SMARTS) is 1. The lowest BCUT2D eigenvalue weighted by Crippen LogP contribution is -2.57. The number of rotatable bonds is 15. The molecule has 5 aromatic rings. The van der Waals surface area contributed by atoms with Crippen molar-refractivity contribution in [2.24, 2.45) is 4.99 Å². The van der Waals surface area contributed by atoms with E-state index in [1.165, 1.54) is 0 Å². The lowest BCUT2D eigenvalue weighted by Gasteiger charge is -2.34. The predicted molar refractivity (Wildman–Crippen MR) is 227 cm³/mol. The third kappa shape index (κ3) is 9.59. The van der Waals surface area contributed by atoms with Crippen LogP contribution in [0.3, 0.4) is 0 Å². The zero-order valence-electron chi connectivity index (χ0n) is 32.9. The number of aromatic nitrogens is 3. The number of benzene rings is 4. The van der Waals surface area contributed by atoms with Gasteiger partial charge in [0.25, 0.3) is 5.91 Å². The van der Waals surface area contributed by atoms with Gasteiger partial charge in [0.05, 0.1) is 30.5 Å². The van der Waals surface area contributed by atoms with Gasteiger partial charge in [0.1, 0.15) is 17.6 Å². The second kappa shape index (κ2) is 17.4. The van der Waals surface area contributed by atoms with Crippen LogP contribution >= 0.6 is 11.6 Å². The van der Waals surface area contributed by atoms with Crippen molar-refractivity contribution >= 4 is 62.1 Å². The molecule has 1 aliphatic heterocycles. The number of carboxylic acids is 1. The molecule has 4 aromatic carbocycles. The van der Waals surface area contributed by atoms with Crippen molar-refractivity contribution in [2.75, 3.05) is 20.2 Å². The van der Waals surface area contributed by atoms with Crippen molar-refractivity contribution in [2.45, 2.75) is 58.4 Å². The van der Waals surface area contributed by atoms with E-state index in [0.29, 0.717) is 59.6 Å². The molecule has 6 rings (SSSR count). The van der Waals surface area contributed by atoms with Gasteiger partial charge in [0.15, 0.2) is 5.82 Å². The predicted octanol–water partition coefficient (Wildman–Crippen LogP) is 6.09. The number of aryl methyl sites for hydroxylation is 1. The average molecular weight is 823 g/mol. The first kappa shape index (κ1) is 41.2. The minimum absolute atomic E-state index is 0.0668. The van der Waals surface area contributed by atoms with Gasteiger partial charge in [-0.1, -0.05) is 48.0 Å². The summed E-state index contributed by atoms with van der Waals surface area (Å²) in [6.07, 6.45) is 1.42. The molecule has 296 valence electrons. The number of halogens is 1. The van der Waals surface area contributed by atoms with E-state index >= 15 is 0 Å². The van der Waals surface area contributed by atoms with Crippen LogP contribution in [-0.2, 0) is 8.91 Å². The van der Waals surface area contributed by atoms with Crippen LogP contribution < -0.4 is 25.7 Å². The number of methoxy groups -OCH3 is 1. The highest BCUT2D eigenvalue weighted by atomic mass is 35.5. The highest BCUT2D eigenvalue weighted by molar-refractivity contribution is 6.96. The van der Waals surface area contributed by atoms with Crippen molar-refractivity contribution < 1.29 is 28.3 Å². The quantitative estimate of drug-likeness (QED) is 0.0847. The number of aliphatic imine (C=N–C) groups is 1. The Morgan fingerprint density at radius 1 is 0.807 bits per heavy atom. The molecule has 2 amide bonds. The molecule has 15 heteroatoms. The molecule has 12 nitrogen and oxygen atoms in total. The Morgan fingerprint density at radius 3 is 2.00 bits per heavy atom. The van der Waals surface area contributed by atoms with Gasteiger partial charge < -0.3 is 24.6 Å². The van der Waals surface area contributed by atoms with Gasteiger partial charge in [-0.3, -0.25) is 19.1 Å². The van der Waals surface area contributed by atoms with Gasteiger partial charge in [-0.05, 0) is 111 Å². The molecule has 0 saturated carbocycles. The van der Waals surface area contributed by atoms with Crippen molar-refractivity contribution in [3.63, 3.8) is 0 Å². The smallest absolute Gasteiger partial charge is 0.335 e. The molecule has 57 heavy (non-hydrogen) atoms. The van der Waals surface area contributed by atoms with Gasteiger partial charge in [-0.25, -0.2) is 4.79 Å². The van der Waals surface area contributed by atoms with E-state index in [2.05, 4.69) is 47.0 Å². The van der Waals surface area contributed by atoms with Crippen LogP contribution in [-0.4, -0.2) is 80.2 Å². The number of hydrogen-bond acceptors (Lipinski definition) is 8. The highest BCUT2D eigenvalue weighted by Crippen LogP contribution is 2.34. The number of ether oxygens (including phenoxy) is 1. The van der Waals surface area contributed by atoms with Crippen LogP contribution in [0.5, 0.6) is 5.75 Å². The van der Waals surface area contributed by atoms with Crippen molar-refractivity contribution in [3.8, 4) is 11.4 Å². The molecule has 3 N–H and O–H groups in total. The largest absolute Gasteiger partial charge is 0.497 e. The molecule has 0 bridgehead atoms. The molecule has 0 aliphatic carbocycles. The summed E-state index contributed by atoms with van der Waals surface area (Å²) in [5.74, 6) is 0.631. The Kier molecular flexibility index (Phi) is 12.6. The lowest BCUT2D eigenvalue weighted by molar-refractivity contribution is -0.121. The first-order chi connectivity index (χ1) is 27.2. The van der Waals surface area contributed by atoms with Crippen molar-refractivity contribution in [3.05, 3.63) is 130 Å². The molecule has 0 spiro atoms. The zero-order valence-corrected chi connectivity index (χ0v) is 35.7. The van der Waals surface area contributed by atoms with Gasteiger partial charge in [0, 0.05) is 34.8 Å².